The molecule has 5 heteroatoms. The number of sulfone groups is 1. The van der Waals surface area contributed by atoms with E-state index in [9.17, 15) is 8.42 Å². The molecule has 0 aromatic carbocycles. The molecule has 0 saturated carbocycles. The second-order valence-electron chi connectivity index (χ2n) is 3.30. The fourth-order valence-electron chi connectivity index (χ4n) is 0.730. The molecule has 2 atom stereocenters. The molecule has 0 aliphatic heterocycles. The first kappa shape index (κ1) is 13.3. The van der Waals surface area contributed by atoms with E-state index in [1.807, 2.05) is 6.92 Å². The number of hydrogen-bond donors (Lipinski definition) is 1. The second kappa shape index (κ2) is 5.88. The van der Waals surface area contributed by atoms with Crippen molar-refractivity contribution in [1.82, 2.24) is 0 Å². The summed E-state index contributed by atoms with van der Waals surface area (Å²) >= 11 is 1.61. The van der Waals surface area contributed by atoms with Gasteiger partial charge in [0.1, 0.15) is 9.84 Å². The van der Waals surface area contributed by atoms with Crippen LogP contribution in [0.25, 0.3) is 0 Å². The van der Waals surface area contributed by atoms with Crippen LogP contribution in [0.15, 0.2) is 0 Å². The lowest BCUT2D eigenvalue weighted by molar-refractivity contribution is 0.196. The van der Waals surface area contributed by atoms with Crippen molar-refractivity contribution in [3.05, 3.63) is 0 Å². The zero-order valence-corrected chi connectivity index (χ0v) is 9.99. The molecule has 3 nitrogen and oxygen atoms in total. The molecule has 0 aromatic heterocycles. The van der Waals surface area contributed by atoms with Crippen molar-refractivity contribution in [3.8, 4) is 0 Å². The van der Waals surface area contributed by atoms with Crippen LogP contribution in [-0.2, 0) is 9.84 Å². The molecule has 80 valence electrons. The van der Waals surface area contributed by atoms with Crippen LogP contribution in [0.2, 0.25) is 0 Å². The van der Waals surface area contributed by atoms with Gasteiger partial charge in [-0.15, -0.1) is 0 Å². The van der Waals surface area contributed by atoms with Gasteiger partial charge in [-0.1, -0.05) is 6.92 Å². The van der Waals surface area contributed by atoms with E-state index in [1.54, 1.807) is 18.7 Å². The van der Waals surface area contributed by atoms with E-state index in [-0.39, 0.29) is 17.1 Å². The highest BCUT2D eigenvalue weighted by molar-refractivity contribution is 8.00. The summed E-state index contributed by atoms with van der Waals surface area (Å²) in [6, 6.07) is 0. The van der Waals surface area contributed by atoms with Crippen LogP contribution in [0.1, 0.15) is 20.3 Å². The molecule has 0 spiro atoms. The number of aliphatic hydroxyl groups excluding tert-OH is 1. The van der Waals surface area contributed by atoms with Gasteiger partial charge in [0.2, 0.25) is 0 Å². The Labute approximate surface area is 84.8 Å². The average Bonchev–Trinajstić information content (AvgIpc) is 1.95. The average molecular weight is 226 g/mol. The quantitative estimate of drug-likeness (QED) is 0.684. The molecule has 0 fully saturated rings. The van der Waals surface area contributed by atoms with Gasteiger partial charge in [-0.2, -0.15) is 11.8 Å². The third-order valence-corrected chi connectivity index (χ3v) is 4.19. The van der Waals surface area contributed by atoms with Gasteiger partial charge >= 0.3 is 0 Å². The Morgan fingerprint density at radius 1 is 1.38 bits per heavy atom. The van der Waals surface area contributed by atoms with Crippen molar-refractivity contribution in [2.45, 2.75) is 31.6 Å². The largest absolute Gasteiger partial charge is 0.392 e. The highest BCUT2D eigenvalue weighted by Crippen LogP contribution is 2.15. The highest BCUT2D eigenvalue weighted by atomic mass is 32.2. The van der Waals surface area contributed by atoms with Crippen LogP contribution in [0.5, 0.6) is 0 Å². The summed E-state index contributed by atoms with van der Waals surface area (Å²) < 4.78 is 21.5. The smallest absolute Gasteiger partial charge is 0.147 e. The standard InChI is InChI=1S/C8H18O3S2/c1-7(9)8(2)12-5-4-6-13(3,10)11/h7-9H,4-6H2,1-3H3. The molecule has 0 heterocycles. The molecule has 0 radical (unpaired) electrons. The predicted molar refractivity (Wildman–Crippen MR) is 57.9 cm³/mol. The summed E-state index contributed by atoms with van der Waals surface area (Å²) in [6.45, 7) is 3.68. The Kier molecular flexibility index (Phi) is 6.00. The van der Waals surface area contributed by atoms with Gasteiger partial charge in [-0.25, -0.2) is 8.42 Å². The SMILES string of the molecule is CC(O)C(C)SCCCS(C)(=O)=O. The topological polar surface area (TPSA) is 54.4 Å². The van der Waals surface area contributed by atoms with Gasteiger partial charge in [0.15, 0.2) is 0 Å². The normalized spacial score (nSPS) is 16.9. The lowest BCUT2D eigenvalue weighted by Gasteiger charge is -2.13. The van der Waals surface area contributed by atoms with Crippen molar-refractivity contribution >= 4 is 21.6 Å². The maximum Gasteiger partial charge on any atom is 0.147 e. The fraction of sp³-hybridized carbons (Fsp3) is 1.00. The van der Waals surface area contributed by atoms with Crippen molar-refractivity contribution in [2.75, 3.05) is 17.8 Å². The van der Waals surface area contributed by atoms with Gasteiger partial charge in [0.05, 0.1) is 11.9 Å². The zero-order chi connectivity index (χ0) is 10.5. The van der Waals surface area contributed by atoms with Gasteiger partial charge in [0, 0.05) is 11.5 Å². The first-order valence-corrected chi connectivity index (χ1v) is 7.41. The minimum Gasteiger partial charge on any atom is -0.392 e. The van der Waals surface area contributed by atoms with E-state index in [4.69, 9.17) is 5.11 Å². The Hall–Kier alpha value is 0.260. The molecular weight excluding hydrogens is 208 g/mol. The Morgan fingerprint density at radius 3 is 2.31 bits per heavy atom. The number of aliphatic hydroxyl groups is 1. The van der Waals surface area contributed by atoms with Crippen LogP contribution < -0.4 is 0 Å². The summed E-state index contributed by atoms with van der Waals surface area (Å²) in [7, 11) is -2.82. The molecule has 0 aliphatic rings. The van der Waals surface area contributed by atoms with Crippen molar-refractivity contribution in [3.63, 3.8) is 0 Å². The van der Waals surface area contributed by atoms with E-state index in [0.29, 0.717) is 6.42 Å². The first-order chi connectivity index (χ1) is 5.83. The van der Waals surface area contributed by atoms with E-state index in [1.165, 1.54) is 6.26 Å². The van der Waals surface area contributed by atoms with Crippen molar-refractivity contribution in [1.29, 1.82) is 0 Å². The molecule has 0 saturated heterocycles. The molecule has 13 heavy (non-hydrogen) atoms. The van der Waals surface area contributed by atoms with E-state index in [0.717, 1.165) is 5.75 Å². The third-order valence-electron chi connectivity index (χ3n) is 1.72. The molecular formula is C8H18O3S2. The van der Waals surface area contributed by atoms with Gasteiger partial charge in [-0.05, 0) is 19.1 Å². The summed E-state index contributed by atoms with van der Waals surface area (Å²) in [5, 5.41) is 9.32. The predicted octanol–water partition coefficient (Wildman–Crippen LogP) is 0.924. The van der Waals surface area contributed by atoms with Crippen LogP contribution in [0.3, 0.4) is 0 Å². The monoisotopic (exact) mass is 226 g/mol. The van der Waals surface area contributed by atoms with Crippen LogP contribution >= 0.6 is 11.8 Å². The molecule has 1 N–H and O–H groups in total. The minimum atomic E-state index is -2.82. The fourth-order valence-corrected chi connectivity index (χ4v) is 2.54. The Morgan fingerprint density at radius 2 is 1.92 bits per heavy atom. The zero-order valence-electron chi connectivity index (χ0n) is 8.36. The third kappa shape index (κ3) is 8.59. The molecule has 0 bridgehead atoms. The Bertz CT molecular complexity index is 222. The van der Waals surface area contributed by atoms with Crippen LogP contribution in [-0.4, -0.2) is 42.6 Å². The number of rotatable bonds is 6. The molecule has 0 amide bonds. The summed E-state index contributed by atoms with van der Waals surface area (Å²) in [6.07, 6.45) is 1.58. The van der Waals surface area contributed by atoms with Crippen molar-refractivity contribution < 1.29 is 13.5 Å². The maximum absolute atomic E-state index is 10.8. The van der Waals surface area contributed by atoms with Crippen LogP contribution in [0.4, 0.5) is 0 Å². The lowest BCUT2D eigenvalue weighted by Crippen LogP contribution is -2.16. The van der Waals surface area contributed by atoms with E-state index in [2.05, 4.69) is 0 Å². The minimum absolute atomic E-state index is 0.180. The van der Waals surface area contributed by atoms with Gasteiger partial charge in [0.25, 0.3) is 0 Å². The van der Waals surface area contributed by atoms with Gasteiger partial charge < -0.3 is 5.11 Å². The Balaban J connectivity index is 3.47. The number of thioether (sulfide) groups is 1. The second-order valence-corrected chi connectivity index (χ2v) is 7.04. The number of hydrogen-bond acceptors (Lipinski definition) is 4. The summed E-state index contributed by atoms with van der Waals surface area (Å²) in [4.78, 5) is 0. The molecule has 0 aromatic rings. The first-order valence-electron chi connectivity index (χ1n) is 4.30. The molecule has 2 unspecified atom stereocenters. The molecule has 0 aliphatic carbocycles. The summed E-state index contributed by atoms with van der Waals surface area (Å²) in [5.74, 6) is 1.03. The lowest BCUT2D eigenvalue weighted by atomic mass is 10.3. The van der Waals surface area contributed by atoms with E-state index >= 15 is 0 Å². The highest BCUT2D eigenvalue weighted by Gasteiger charge is 2.09. The summed E-state index contributed by atoms with van der Waals surface area (Å²) in [5.41, 5.74) is 0. The molecule has 0 rings (SSSR count). The van der Waals surface area contributed by atoms with Gasteiger partial charge in [-0.3, -0.25) is 0 Å². The van der Waals surface area contributed by atoms with E-state index < -0.39 is 9.84 Å². The van der Waals surface area contributed by atoms with Crippen LogP contribution in [0, 0.1) is 0 Å². The maximum atomic E-state index is 10.8. The van der Waals surface area contributed by atoms with Crippen molar-refractivity contribution in [2.24, 2.45) is 0 Å².